The Bertz CT molecular complexity index is 465. The van der Waals surface area contributed by atoms with Crippen molar-refractivity contribution < 1.29 is 14.3 Å². The van der Waals surface area contributed by atoms with Crippen LogP contribution < -0.4 is 0 Å². The fourth-order valence-corrected chi connectivity index (χ4v) is 3.24. The van der Waals surface area contributed by atoms with E-state index in [1.165, 1.54) is 12.1 Å². The molecule has 0 spiro atoms. The molecule has 1 aliphatic rings. The lowest BCUT2D eigenvalue weighted by molar-refractivity contribution is 0.0573. The van der Waals surface area contributed by atoms with E-state index < -0.39 is 0 Å². The highest BCUT2D eigenvalue weighted by Crippen LogP contribution is 2.24. The Morgan fingerprint density at radius 2 is 2.26 bits per heavy atom. The van der Waals surface area contributed by atoms with Gasteiger partial charge in [0.05, 0.1) is 5.56 Å². The van der Waals surface area contributed by atoms with E-state index in [1.54, 1.807) is 6.07 Å². The molecule has 0 bridgehead atoms. The van der Waals surface area contributed by atoms with Crippen molar-refractivity contribution in [1.82, 2.24) is 4.90 Å². The molecule has 1 atom stereocenters. The Labute approximate surface area is 125 Å². The molecule has 0 aromatic heterocycles. The second kappa shape index (κ2) is 6.65. The van der Waals surface area contributed by atoms with Gasteiger partial charge >= 0.3 is 0 Å². The number of hydrogen-bond donors (Lipinski definition) is 1. The van der Waals surface area contributed by atoms with Crippen molar-refractivity contribution in [3.63, 3.8) is 0 Å². The van der Waals surface area contributed by atoms with Crippen LogP contribution in [0.15, 0.2) is 18.2 Å². The van der Waals surface area contributed by atoms with Crippen LogP contribution in [0.4, 0.5) is 4.39 Å². The number of rotatable bonds is 3. The molecule has 104 valence electrons. The molecule has 1 unspecified atom stereocenters. The molecule has 1 N–H and O–H groups in total. The van der Waals surface area contributed by atoms with Crippen LogP contribution in [0.2, 0.25) is 0 Å². The Hall–Kier alpha value is -0.690. The maximum absolute atomic E-state index is 13.1. The van der Waals surface area contributed by atoms with Crippen molar-refractivity contribution in [2.75, 3.05) is 13.2 Å². The fourth-order valence-electron chi connectivity index (χ4n) is 2.53. The van der Waals surface area contributed by atoms with E-state index in [2.05, 4.69) is 0 Å². The zero-order valence-corrected chi connectivity index (χ0v) is 12.8. The number of amides is 1. The van der Waals surface area contributed by atoms with E-state index in [-0.39, 0.29) is 24.4 Å². The largest absolute Gasteiger partial charge is 0.396 e. The molecule has 0 saturated carbocycles. The standard InChI is InChI=1S/C14H17FINO2/c15-10-4-5-12(13(16)9-10)14(19)17-7-2-1-3-11(17)6-8-18/h4-5,9,11,18H,1-3,6-8H2. The minimum atomic E-state index is -0.327. The molecular weight excluding hydrogens is 360 g/mol. The van der Waals surface area contributed by atoms with Gasteiger partial charge in [-0.1, -0.05) is 0 Å². The molecule has 1 amide bonds. The van der Waals surface area contributed by atoms with E-state index in [1.807, 2.05) is 27.5 Å². The molecule has 0 aliphatic carbocycles. The first-order chi connectivity index (χ1) is 9.13. The molecule has 1 aliphatic heterocycles. The number of nitrogens with zero attached hydrogens (tertiary/aromatic N) is 1. The molecule has 5 heteroatoms. The molecule has 3 nitrogen and oxygen atoms in total. The number of benzene rings is 1. The highest BCUT2D eigenvalue weighted by atomic mass is 127. The normalized spacial score (nSPS) is 19.5. The Morgan fingerprint density at radius 3 is 2.95 bits per heavy atom. The van der Waals surface area contributed by atoms with Crippen LogP contribution in [0.5, 0.6) is 0 Å². The fraction of sp³-hybridized carbons (Fsp3) is 0.500. The molecule has 0 radical (unpaired) electrons. The maximum atomic E-state index is 13.1. The number of likely N-dealkylation sites (tertiary alicyclic amines) is 1. The first kappa shape index (κ1) is 14.7. The average Bonchev–Trinajstić information content (AvgIpc) is 2.39. The molecule has 1 heterocycles. The maximum Gasteiger partial charge on any atom is 0.255 e. The van der Waals surface area contributed by atoms with Crippen molar-refractivity contribution in [2.24, 2.45) is 0 Å². The molecule has 1 aromatic rings. The monoisotopic (exact) mass is 377 g/mol. The summed E-state index contributed by atoms with van der Waals surface area (Å²) in [5.74, 6) is -0.381. The summed E-state index contributed by atoms with van der Waals surface area (Å²) in [5, 5.41) is 9.09. The van der Waals surface area contributed by atoms with Crippen LogP contribution in [0.1, 0.15) is 36.0 Å². The third-order valence-electron chi connectivity index (χ3n) is 3.51. The van der Waals surface area contributed by atoms with Crippen LogP contribution in [0, 0.1) is 9.39 Å². The third kappa shape index (κ3) is 3.45. The number of carbonyl (C=O) groups excluding carboxylic acids is 1. The average molecular weight is 377 g/mol. The summed E-state index contributed by atoms with van der Waals surface area (Å²) in [6.45, 7) is 0.811. The lowest BCUT2D eigenvalue weighted by atomic mass is 9.98. The highest BCUT2D eigenvalue weighted by molar-refractivity contribution is 14.1. The number of carbonyl (C=O) groups is 1. The van der Waals surface area contributed by atoms with Gasteiger partial charge in [0.1, 0.15) is 5.82 Å². The number of aliphatic hydroxyl groups excluding tert-OH is 1. The summed E-state index contributed by atoms with van der Waals surface area (Å²) in [7, 11) is 0. The van der Waals surface area contributed by atoms with Crippen LogP contribution in [-0.4, -0.2) is 35.1 Å². The first-order valence-electron chi connectivity index (χ1n) is 6.50. The van der Waals surface area contributed by atoms with Crippen molar-refractivity contribution in [3.8, 4) is 0 Å². The molecule has 1 aromatic carbocycles. The van der Waals surface area contributed by atoms with Crippen molar-refractivity contribution in [2.45, 2.75) is 31.7 Å². The van der Waals surface area contributed by atoms with Crippen molar-refractivity contribution >= 4 is 28.5 Å². The molecule has 1 fully saturated rings. The van der Waals surface area contributed by atoms with Gasteiger partial charge in [0.2, 0.25) is 0 Å². The van der Waals surface area contributed by atoms with E-state index in [9.17, 15) is 9.18 Å². The minimum absolute atomic E-state index is 0.0532. The van der Waals surface area contributed by atoms with Gasteiger partial charge in [-0.05, 0) is 66.5 Å². The van der Waals surface area contributed by atoms with Gasteiger partial charge < -0.3 is 10.0 Å². The quantitative estimate of drug-likeness (QED) is 0.824. The van der Waals surface area contributed by atoms with Crippen LogP contribution in [0.25, 0.3) is 0 Å². The SMILES string of the molecule is O=C(c1ccc(F)cc1I)N1CCCCC1CCO. The molecular formula is C14H17FINO2. The van der Waals surface area contributed by atoms with E-state index in [4.69, 9.17) is 5.11 Å². The van der Waals surface area contributed by atoms with E-state index in [0.717, 1.165) is 25.8 Å². The summed E-state index contributed by atoms with van der Waals surface area (Å²) in [5.41, 5.74) is 0.548. The van der Waals surface area contributed by atoms with Crippen LogP contribution in [-0.2, 0) is 0 Å². The van der Waals surface area contributed by atoms with Gasteiger partial charge in [0.25, 0.3) is 5.91 Å². The summed E-state index contributed by atoms with van der Waals surface area (Å²) >= 11 is 1.99. The van der Waals surface area contributed by atoms with E-state index in [0.29, 0.717) is 15.6 Å². The lowest BCUT2D eigenvalue weighted by Crippen LogP contribution is -2.44. The lowest BCUT2D eigenvalue weighted by Gasteiger charge is -2.35. The van der Waals surface area contributed by atoms with Gasteiger partial charge in [-0.25, -0.2) is 4.39 Å². The predicted molar refractivity (Wildman–Crippen MR) is 79.5 cm³/mol. The van der Waals surface area contributed by atoms with Crippen molar-refractivity contribution in [3.05, 3.63) is 33.1 Å². The zero-order chi connectivity index (χ0) is 13.8. The van der Waals surface area contributed by atoms with Gasteiger partial charge in [-0.3, -0.25) is 4.79 Å². The minimum Gasteiger partial charge on any atom is -0.396 e. The van der Waals surface area contributed by atoms with Crippen LogP contribution in [0.3, 0.4) is 0 Å². The zero-order valence-electron chi connectivity index (χ0n) is 10.6. The van der Waals surface area contributed by atoms with Crippen LogP contribution >= 0.6 is 22.6 Å². The Kier molecular flexibility index (Phi) is 5.15. The second-order valence-corrected chi connectivity index (χ2v) is 5.95. The Morgan fingerprint density at radius 1 is 1.47 bits per heavy atom. The molecule has 1 saturated heterocycles. The van der Waals surface area contributed by atoms with Gasteiger partial charge in [0.15, 0.2) is 0 Å². The predicted octanol–water partition coefficient (Wildman–Crippen LogP) is 2.81. The summed E-state index contributed by atoms with van der Waals surface area (Å²) in [6, 6.07) is 4.34. The Balaban J connectivity index is 2.21. The highest BCUT2D eigenvalue weighted by Gasteiger charge is 2.28. The molecule has 19 heavy (non-hydrogen) atoms. The van der Waals surface area contributed by atoms with E-state index >= 15 is 0 Å². The molecule has 2 rings (SSSR count). The second-order valence-electron chi connectivity index (χ2n) is 4.78. The van der Waals surface area contributed by atoms with Gasteiger partial charge in [-0.15, -0.1) is 0 Å². The number of hydrogen-bond acceptors (Lipinski definition) is 2. The number of aliphatic hydroxyl groups is 1. The summed E-state index contributed by atoms with van der Waals surface area (Å²) in [4.78, 5) is 14.4. The number of halogens is 2. The summed E-state index contributed by atoms with van der Waals surface area (Å²) in [6.07, 6.45) is 3.63. The smallest absolute Gasteiger partial charge is 0.255 e. The number of piperidine rings is 1. The topological polar surface area (TPSA) is 40.5 Å². The van der Waals surface area contributed by atoms with Crippen molar-refractivity contribution in [1.29, 1.82) is 0 Å². The first-order valence-corrected chi connectivity index (χ1v) is 7.58. The van der Waals surface area contributed by atoms with Gasteiger partial charge in [-0.2, -0.15) is 0 Å². The van der Waals surface area contributed by atoms with Gasteiger partial charge in [0, 0.05) is 22.8 Å². The third-order valence-corrected chi connectivity index (χ3v) is 4.40. The summed E-state index contributed by atoms with van der Waals surface area (Å²) < 4.78 is 13.7.